The first kappa shape index (κ1) is 16.0. The van der Waals surface area contributed by atoms with Crippen LogP contribution in [0.3, 0.4) is 0 Å². The van der Waals surface area contributed by atoms with Crippen LogP contribution < -0.4 is 5.32 Å². The first-order valence-corrected chi connectivity index (χ1v) is 7.90. The molecule has 3 aromatic rings. The Morgan fingerprint density at radius 3 is 2.71 bits per heavy atom. The van der Waals surface area contributed by atoms with Crippen molar-refractivity contribution < 1.29 is 9.32 Å². The van der Waals surface area contributed by atoms with Crippen molar-refractivity contribution in [2.75, 3.05) is 0 Å². The van der Waals surface area contributed by atoms with E-state index in [2.05, 4.69) is 20.0 Å². The number of benzene rings is 1. The van der Waals surface area contributed by atoms with Crippen LogP contribution >= 0.6 is 0 Å². The molecule has 1 aromatic carbocycles. The Morgan fingerprint density at radius 2 is 2.08 bits per heavy atom. The van der Waals surface area contributed by atoms with E-state index in [1.807, 2.05) is 43.5 Å². The van der Waals surface area contributed by atoms with E-state index in [1.54, 1.807) is 13.1 Å². The van der Waals surface area contributed by atoms with E-state index in [-0.39, 0.29) is 11.9 Å². The molecular weight excluding hydrogens is 304 g/mol. The zero-order valence-corrected chi connectivity index (χ0v) is 13.8. The number of rotatable bonds is 6. The summed E-state index contributed by atoms with van der Waals surface area (Å²) in [6.45, 7) is 4.47. The van der Waals surface area contributed by atoms with Gasteiger partial charge in [-0.3, -0.25) is 4.79 Å². The molecular formula is C18H20N4O2. The normalized spacial score (nSPS) is 12.1. The molecule has 0 bridgehead atoms. The quantitative estimate of drug-likeness (QED) is 0.756. The lowest BCUT2D eigenvalue weighted by Crippen LogP contribution is -2.29. The number of aromatic nitrogens is 3. The molecule has 0 aliphatic carbocycles. The molecule has 0 saturated heterocycles. The van der Waals surface area contributed by atoms with Crippen LogP contribution in [0.5, 0.6) is 0 Å². The lowest BCUT2D eigenvalue weighted by Gasteiger charge is -2.19. The summed E-state index contributed by atoms with van der Waals surface area (Å²) in [6, 6.07) is 9.85. The molecule has 0 fully saturated rings. The van der Waals surface area contributed by atoms with Gasteiger partial charge in [-0.25, -0.2) is 4.98 Å². The highest BCUT2D eigenvalue weighted by molar-refractivity contribution is 5.95. The van der Waals surface area contributed by atoms with Crippen molar-refractivity contribution in [3.05, 3.63) is 71.6 Å². The molecule has 2 heterocycles. The van der Waals surface area contributed by atoms with Crippen LogP contribution in [-0.2, 0) is 6.54 Å². The van der Waals surface area contributed by atoms with Gasteiger partial charge in [-0.05, 0) is 25.8 Å². The number of nitrogens with one attached hydrogen (secondary N) is 1. The maximum Gasteiger partial charge on any atom is 0.256 e. The maximum atomic E-state index is 12.5. The summed E-state index contributed by atoms with van der Waals surface area (Å²) in [4.78, 5) is 16.7. The molecule has 0 saturated carbocycles. The van der Waals surface area contributed by atoms with E-state index in [9.17, 15) is 4.79 Å². The maximum absolute atomic E-state index is 12.5. The fourth-order valence-corrected chi connectivity index (χ4v) is 2.67. The third kappa shape index (κ3) is 3.53. The molecule has 3 rings (SSSR count). The van der Waals surface area contributed by atoms with Gasteiger partial charge in [-0.2, -0.15) is 0 Å². The lowest BCUT2D eigenvalue weighted by atomic mass is 10.0. The van der Waals surface area contributed by atoms with Crippen molar-refractivity contribution in [2.24, 2.45) is 0 Å². The number of carbonyl (C=O) groups excluding carboxylic acids is 1. The molecule has 6 nitrogen and oxygen atoms in total. The number of aryl methyl sites for hydroxylation is 3. The Kier molecular flexibility index (Phi) is 4.74. The van der Waals surface area contributed by atoms with Crippen molar-refractivity contribution in [3.63, 3.8) is 0 Å². The number of imidazole rings is 1. The second kappa shape index (κ2) is 7.12. The molecule has 6 heteroatoms. The molecule has 0 aliphatic heterocycles. The van der Waals surface area contributed by atoms with Crippen molar-refractivity contribution in [1.29, 1.82) is 0 Å². The Labute approximate surface area is 140 Å². The van der Waals surface area contributed by atoms with Crippen molar-refractivity contribution in [3.8, 4) is 0 Å². The minimum Gasteiger partial charge on any atom is -0.361 e. The topological polar surface area (TPSA) is 73.0 Å². The summed E-state index contributed by atoms with van der Waals surface area (Å²) in [5.41, 5.74) is 1.53. The van der Waals surface area contributed by atoms with Gasteiger partial charge in [0.2, 0.25) is 0 Å². The first-order valence-electron chi connectivity index (χ1n) is 7.90. The van der Waals surface area contributed by atoms with E-state index >= 15 is 0 Å². The highest BCUT2D eigenvalue weighted by atomic mass is 16.5. The fourth-order valence-electron chi connectivity index (χ4n) is 2.67. The highest BCUT2D eigenvalue weighted by Gasteiger charge is 2.19. The van der Waals surface area contributed by atoms with Gasteiger partial charge in [0.15, 0.2) is 0 Å². The summed E-state index contributed by atoms with van der Waals surface area (Å²) in [7, 11) is 0. The van der Waals surface area contributed by atoms with Crippen molar-refractivity contribution in [1.82, 2.24) is 20.0 Å². The molecule has 0 aliphatic rings. The predicted molar refractivity (Wildman–Crippen MR) is 89.5 cm³/mol. The van der Waals surface area contributed by atoms with Gasteiger partial charge in [0.1, 0.15) is 17.1 Å². The van der Waals surface area contributed by atoms with Crippen LogP contribution in [0.1, 0.15) is 40.0 Å². The fraction of sp³-hybridized carbons (Fsp3) is 0.278. The number of hydrogen-bond donors (Lipinski definition) is 1. The van der Waals surface area contributed by atoms with E-state index < -0.39 is 0 Å². The summed E-state index contributed by atoms with van der Waals surface area (Å²) < 4.78 is 7.06. The molecule has 1 atom stereocenters. The van der Waals surface area contributed by atoms with Crippen LogP contribution in [0, 0.1) is 13.8 Å². The van der Waals surface area contributed by atoms with Gasteiger partial charge in [-0.1, -0.05) is 35.5 Å². The van der Waals surface area contributed by atoms with Gasteiger partial charge in [0.05, 0.1) is 12.2 Å². The minimum absolute atomic E-state index is 0.102. The summed E-state index contributed by atoms with van der Waals surface area (Å²) >= 11 is 0. The van der Waals surface area contributed by atoms with Crippen LogP contribution in [0.2, 0.25) is 0 Å². The molecule has 0 radical (unpaired) electrons. The Bertz CT molecular complexity index is 807. The van der Waals surface area contributed by atoms with E-state index in [0.29, 0.717) is 11.3 Å². The largest absolute Gasteiger partial charge is 0.361 e. The van der Waals surface area contributed by atoms with Gasteiger partial charge in [0, 0.05) is 18.9 Å². The van der Waals surface area contributed by atoms with Crippen LogP contribution in [0.25, 0.3) is 0 Å². The first-order chi connectivity index (χ1) is 11.6. The molecule has 1 N–H and O–H groups in total. The molecule has 2 aromatic heterocycles. The van der Waals surface area contributed by atoms with Gasteiger partial charge in [0.25, 0.3) is 5.91 Å². The highest BCUT2D eigenvalue weighted by Crippen LogP contribution is 2.19. The van der Waals surface area contributed by atoms with Gasteiger partial charge >= 0.3 is 0 Å². The zero-order valence-electron chi connectivity index (χ0n) is 13.8. The third-order valence-electron chi connectivity index (χ3n) is 4.08. The molecule has 1 amide bonds. The predicted octanol–water partition coefficient (Wildman–Crippen LogP) is 3.05. The SMILES string of the molecule is Cc1oncc1C(=O)N[C@@H](CCn1ccnc1C)c1ccccc1. The number of hydrogen-bond acceptors (Lipinski definition) is 4. The standard InChI is InChI=1S/C18H20N4O2/c1-13-16(12-20-24-13)18(23)21-17(15-6-4-3-5-7-15)8-10-22-11-9-19-14(22)2/h3-7,9,11-12,17H,8,10H2,1-2H3,(H,21,23)/t17-/m0/s1. The molecule has 0 unspecified atom stereocenters. The van der Waals surface area contributed by atoms with Crippen molar-refractivity contribution in [2.45, 2.75) is 32.9 Å². The second-order valence-corrected chi connectivity index (χ2v) is 5.69. The second-order valence-electron chi connectivity index (χ2n) is 5.69. The van der Waals surface area contributed by atoms with Crippen LogP contribution in [0.15, 0.2) is 53.4 Å². The third-order valence-corrected chi connectivity index (χ3v) is 4.08. The number of carbonyl (C=O) groups is 1. The zero-order chi connectivity index (χ0) is 16.9. The smallest absolute Gasteiger partial charge is 0.256 e. The summed E-state index contributed by atoms with van der Waals surface area (Å²) in [5.74, 6) is 1.30. The Morgan fingerprint density at radius 1 is 1.29 bits per heavy atom. The van der Waals surface area contributed by atoms with E-state index in [4.69, 9.17) is 4.52 Å². The van der Waals surface area contributed by atoms with E-state index in [0.717, 1.165) is 24.4 Å². The number of amides is 1. The van der Waals surface area contributed by atoms with Crippen LogP contribution in [-0.4, -0.2) is 20.6 Å². The average Bonchev–Trinajstić information content (AvgIpc) is 3.20. The summed E-state index contributed by atoms with van der Waals surface area (Å²) in [5, 5.41) is 6.76. The molecule has 124 valence electrons. The van der Waals surface area contributed by atoms with Crippen molar-refractivity contribution >= 4 is 5.91 Å². The monoisotopic (exact) mass is 324 g/mol. The Hall–Kier alpha value is -2.89. The van der Waals surface area contributed by atoms with Gasteiger partial charge in [-0.15, -0.1) is 0 Å². The average molecular weight is 324 g/mol. The molecule has 0 spiro atoms. The Balaban J connectivity index is 1.76. The molecule has 24 heavy (non-hydrogen) atoms. The van der Waals surface area contributed by atoms with Gasteiger partial charge < -0.3 is 14.4 Å². The number of nitrogens with zero attached hydrogens (tertiary/aromatic N) is 3. The lowest BCUT2D eigenvalue weighted by molar-refractivity contribution is 0.0932. The van der Waals surface area contributed by atoms with Crippen LogP contribution in [0.4, 0.5) is 0 Å². The summed E-state index contributed by atoms with van der Waals surface area (Å²) in [6.07, 6.45) is 5.94. The van der Waals surface area contributed by atoms with E-state index in [1.165, 1.54) is 6.20 Å². The minimum atomic E-state index is -0.176.